The number of carbonyl (C=O) groups excluding carboxylic acids is 1. The van der Waals surface area contributed by atoms with Crippen molar-refractivity contribution in [2.45, 2.75) is 26.7 Å². The molecule has 1 fully saturated rings. The molecule has 1 rings (SSSR count). The van der Waals surface area contributed by atoms with Gasteiger partial charge in [-0.3, -0.25) is 20.2 Å². The lowest BCUT2D eigenvalue weighted by molar-refractivity contribution is -0.121. The lowest BCUT2D eigenvalue weighted by atomic mass is 10.4. The van der Waals surface area contributed by atoms with Gasteiger partial charge in [-0.05, 0) is 38.9 Å². The molecule has 1 amide bonds. The smallest absolute Gasteiger partial charge is 0.255 e. The number of nitrogens with one attached hydrogen (secondary N) is 2. The Bertz CT molecular complexity index is 588. The van der Waals surface area contributed by atoms with E-state index in [1.54, 1.807) is 7.05 Å². The van der Waals surface area contributed by atoms with Crippen LogP contribution in [-0.2, 0) is 14.8 Å². The molecule has 1 aliphatic rings. The number of sulfonamides is 1. The van der Waals surface area contributed by atoms with Crippen molar-refractivity contribution in [1.29, 1.82) is 0 Å². The molecular formula is C13H25N5O3S3. The summed E-state index contributed by atoms with van der Waals surface area (Å²) in [4.78, 5) is 16.6. The van der Waals surface area contributed by atoms with Crippen molar-refractivity contribution in [3.05, 3.63) is 0 Å². The Morgan fingerprint density at radius 3 is 2.12 bits per heavy atom. The van der Waals surface area contributed by atoms with Gasteiger partial charge < -0.3 is 4.90 Å². The molecule has 8 nitrogen and oxygen atoms in total. The zero-order valence-corrected chi connectivity index (χ0v) is 16.9. The summed E-state index contributed by atoms with van der Waals surface area (Å²) in [5.74, 6) is -1.07. The lowest BCUT2D eigenvalue weighted by Gasteiger charge is -2.29. The Hall–Kier alpha value is -1.04. The second kappa shape index (κ2) is 8.88. The largest absolute Gasteiger partial charge is 0.349 e. The van der Waals surface area contributed by atoms with Crippen molar-refractivity contribution in [2.75, 3.05) is 32.9 Å². The van der Waals surface area contributed by atoms with Crippen LogP contribution in [0.25, 0.3) is 0 Å². The fraction of sp³-hybridized carbons (Fsp3) is 0.769. The molecule has 0 unspecified atom stereocenters. The number of rotatable bonds is 7. The lowest BCUT2D eigenvalue weighted by Crippen LogP contribution is -2.52. The van der Waals surface area contributed by atoms with E-state index in [4.69, 9.17) is 24.4 Å². The van der Waals surface area contributed by atoms with Gasteiger partial charge in [0.15, 0.2) is 5.11 Å². The summed E-state index contributed by atoms with van der Waals surface area (Å²) in [6.45, 7) is 5.16. The molecule has 138 valence electrons. The number of nitrogens with zero attached hydrogens (tertiary/aromatic N) is 3. The molecule has 0 spiro atoms. The molecule has 0 aromatic heterocycles. The fourth-order valence-corrected chi connectivity index (χ4v) is 3.66. The first-order chi connectivity index (χ1) is 11.1. The van der Waals surface area contributed by atoms with Gasteiger partial charge >= 0.3 is 0 Å². The normalized spacial score (nSPS) is 14.0. The van der Waals surface area contributed by atoms with E-state index in [-0.39, 0.29) is 0 Å². The second-order valence-electron chi connectivity index (χ2n) is 5.57. The van der Waals surface area contributed by atoms with E-state index in [0.29, 0.717) is 29.1 Å². The third kappa shape index (κ3) is 6.46. The van der Waals surface area contributed by atoms with Crippen LogP contribution in [0.2, 0.25) is 0 Å². The summed E-state index contributed by atoms with van der Waals surface area (Å²) in [6, 6.07) is 0. The van der Waals surface area contributed by atoms with Crippen LogP contribution in [0.15, 0.2) is 0 Å². The van der Waals surface area contributed by atoms with Crippen molar-refractivity contribution < 1.29 is 13.2 Å². The zero-order chi connectivity index (χ0) is 18.5. The quantitative estimate of drug-likeness (QED) is 0.463. The summed E-state index contributed by atoms with van der Waals surface area (Å²) in [5.41, 5.74) is 2.48. The van der Waals surface area contributed by atoms with Crippen LogP contribution >= 0.6 is 24.4 Å². The summed E-state index contributed by atoms with van der Waals surface area (Å²) in [5, 5.41) is 2.98. The van der Waals surface area contributed by atoms with Gasteiger partial charge in [0.05, 0.1) is 4.99 Å². The summed E-state index contributed by atoms with van der Waals surface area (Å²) in [7, 11) is -0.755. The highest BCUT2D eigenvalue weighted by Crippen LogP contribution is 2.31. The minimum Gasteiger partial charge on any atom is -0.349 e. The maximum absolute atomic E-state index is 12.1. The van der Waals surface area contributed by atoms with Gasteiger partial charge in [0.1, 0.15) is 5.75 Å². The standard InChI is InChI=1S/C13H25N5O3S3/c1-5-18(6-2)13(23)17(4)15-24(20,21)9-11(19)14-16(3)12(22)10-7-8-10/h10,15H,5-9H2,1-4H3,(H,14,19). The Kier molecular flexibility index (Phi) is 7.77. The number of amides is 1. The van der Waals surface area contributed by atoms with E-state index in [2.05, 4.69) is 10.3 Å². The monoisotopic (exact) mass is 395 g/mol. The van der Waals surface area contributed by atoms with E-state index >= 15 is 0 Å². The van der Waals surface area contributed by atoms with Gasteiger partial charge in [0.25, 0.3) is 5.91 Å². The van der Waals surface area contributed by atoms with Crippen LogP contribution in [0.5, 0.6) is 0 Å². The number of thiocarbonyl (C=S) groups is 2. The van der Waals surface area contributed by atoms with Crippen LogP contribution < -0.4 is 10.3 Å². The van der Waals surface area contributed by atoms with Gasteiger partial charge in [-0.2, -0.15) is 0 Å². The number of hydrazine groups is 2. The molecule has 0 radical (unpaired) electrons. The SMILES string of the molecule is CCN(CC)C(=S)N(C)NS(=O)(=O)CC(=O)NN(C)C(=S)C1CC1. The van der Waals surface area contributed by atoms with Gasteiger partial charge in [0.2, 0.25) is 10.0 Å². The van der Waals surface area contributed by atoms with Gasteiger partial charge in [0, 0.05) is 33.1 Å². The molecule has 0 aromatic rings. The molecule has 0 aromatic carbocycles. The third-order valence-corrected chi connectivity index (χ3v) is 5.80. The van der Waals surface area contributed by atoms with Crippen LogP contribution in [0.4, 0.5) is 0 Å². The van der Waals surface area contributed by atoms with E-state index < -0.39 is 21.7 Å². The number of hydrogen-bond donors (Lipinski definition) is 2. The summed E-state index contributed by atoms with van der Waals surface area (Å²) in [6.07, 6.45) is 2.01. The molecule has 24 heavy (non-hydrogen) atoms. The first kappa shape index (κ1) is 21.0. The molecule has 0 bridgehead atoms. The highest BCUT2D eigenvalue weighted by atomic mass is 32.2. The first-order valence-electron chi connectivity index (χ1n) is 7.71. The maximum atomic E-state index is 12.1. The summed E-state index contributed by atoms with van der Waals surface area (Å²) < 4.78 is 24.2. The fourth-order valence-electron chi connectivity index (χ4n) is 2.04. The molecular weight excluding hydrogens is 370 g/mol. The average molecular weight is 396 g/mol. The van der Waals surface area contributed by atoms with Gasteiger partial charge in [-0.1, -0.05) is 12.2 Å². The number of hydrogen-bond acceptors (Lipinski definition) is 5. The Balaban J connectivity index is 2.53. The summed E-state index contributed by atoms with van der Waals surface area (Å²) >= 11 is 10.4. The van der Waals surface area contributed by atoms with Gasteiger partial charge in [-0.15, -0.1) is 4.83 Å². The van der Waals surface area contributed by atoms with E-state index in [9.17, 15) is 13.2 Å². The number of carbonyl (C=O) groups is 1. The minimum absolute atomic E-state index is 0.303. The Morgan fingerprint density at radius 2 is 1.67 bits per heavy atom. The molecule has 2 N–H and O–H groups in total. The molecule has 1 saturated carbocycles. The molecule has 11 heteroatoms. The average Bonchev–Trinajstić information content (AvgIpc) is 3.30. The Morgan fingerprint density at radius 1 is 1.12 bits per heavy atom. The second-order valence-corrected chi connectivity index (χ2v) is 8.05. The van der Waals surface area contributed by atoms with Crippen LogP contribution in [0, 0.1) is 5.92 Å². The third-order valence-electron chi connectivity index (χ3n) is 3.47. The van der Waals surface area contributed by atoms with Crippen molar-refractivity contribution in [3.8, 4) is 0 Å². The zero-order valence-electron chi connectivity index (χ0n) is 14.4. The van der Waals surface area contributed by atoms with Crippen molar-refractivity contribution in [2.24, 2.45) is 5.92 Å². The van der Waals surface area contributed by atoms with Crippen molar-refractivity contribution in [3.63, 3.8) is 0 Å². The highest BCUT2D eigenvalue weighted by molar-refractivity contribution is 7.90. The van der Waals surface area contributed by atoms with Gasteiger partial charge in [-0.25, -0.2) is 8.42 Å². The van der Waals surface area contributed by atoms with Crippen molar-refractivity contribution in [1.82, 2.24) is 25.2 Å². The van der Waals surface area contributed by atoms with Crippen molar-refractivity contribution >= 4 is 50.5 Å². The van der Waals surface area contributed by atoms with Crippen LogP contribution in [-0.4, -0.2) is 72.3 Å². The van der Waals surface area contributed by atoms with E-state index in [0.717, 1.165) is 12.8 Å². The molecule has 1 aliphatic carbocycles. The molecule has 0 atom stereocenters. The predicted octanol–water partition coefficient (Wildman–Crippen LogP) is 0.0797. The van der Waals surface area contributed by atoms with E-state index in [1.165, 1.54) is 17.1 Å². The van der Waals surface area contributed by atoms with Crippen LogP contribution in [0.1, 0.15) is 26.7 Å². The highest BCUT2D eigenvalue weighted by Gasteiger charge is 2.30. The molecule has 0 saturated heterocycles. The maximum Gasteiger partial charge on any atom is 0.255 e. The minimum atomic E-state index is -3.87. The van der Waals surface area contributed by atoms with Crippen LogP contribution in [0.3, 0.4) is 0 Å². The molecule has 0 heterocycles. The predicted molar refractivity (Wildman–Crippen MR) is 101 cm³/mol. The van der Waals surface area contributed by atoms with E-state index in [1.807, 2.05) is 18.7 Å². The topological polar surface area (TPSA) is 85.0 Å². The molecule has 0 aliphatic heterocycles. The first-order valence-corrected chi connectivity index (χ1v) is 10.2. The Labute approximate surface area is 154 Å².